The number of hydrogen-bond acceptors (Lipinski definition) is 5. The number of aromatic nitrogens is 3. The molecule has 8 nitrogen and oxygen atoms in total. The highest BCUT2D eigenvalue weighted by atomic mass is 16.5. The van der Waals surface area contributed by atoms with Gasteiger partial charge in [0.15, 0.2) is 6.61 Å². The average molecular weight is 405 g/mol. The zero-order chi connectivity index (χ0) is 20.8. The third-order valence-electron chi connectivity index (χ3n) is 5.11. The Morgan fingerprint density at radius 2 is 1.90 bits per heavy atom. The van der Waals surface area contributed by atoms with Gasteiger partial charge in [0, 0.05) is 31.4 Å². The Hall–Kier alpha value is -3.68. The fraction of sp³-hybridized carbons (Fsp3) is 0.273. The van der Waals surface area contributed by atoms with Crippen molar-refractivity contribution in [2.24, 2.45) is 5.92 Å². The molecule has 1 N–H and O–H groups in total. The molecule has 1 aromatic carbocycles. The quantitative estimate of drug-likeness (QED) is 0.681. The highest BCUT2D eigenvalue weighted by molar-refractivity contribution is 5.92. The molecule has 1 fully saturated rings. The maximum absolute atomic E-state index is 12.6. The minimum Gasteiger partial charge on any atom is -0.484 e. The average Bonchev–Trinajstić information content (AvgIpc) is 3.34. The van der Waals surface area contributed by atoms with Crippen LogP contribution in [0.1, 0.15) is 12.8 Å². The van der Waals surface area contributed by atoms with E-state index in [9.17, 15) is 9.59 Å². The van der Waals surface area contributed by atoms with Gasteiger partial charge in [-0.1, -0.05) is 18.2 Å². The van der Waals surface area contributed by atoms with Crippen molar-refractivity contribution in [3.63, 3.8) is 0 Å². The lowest BCUT2D eigenvalue weighted by Crippen LogP contribution is -2.43. The first-order valence-corrected chi connectivity index (χ1v) is 9.90. The number of carbonyl (C=O) groups is 2. The first-order valence-electron chi connectivity index (χ1n) is 9.90. The molecule has 1 saturated heterocycles. The standard InChI is InChI=1S/C22H23N5O3/c28-21(15-30-19-4-2-1-3-5-19)26-11-8-17(9-12-26)22(29)25-18-6-7-20(24-14-18)27-13-10-23-16-27/h1-7,10,13-14,16-17H,8-9,11-12,15H2,(H,25,29). The van der Waals surface area contributed by atoms with Gasteiger partial charge in [0.05, 0.1) is 11.9 Å². The highest BCUT2D eigenvalue weighted by Crippen LogP contribution is 2.20. The second-order valence-corrected chi connectivity index (χ2v) is 7.12. The van der Waals surface area contributed by atoms with Crippen LogP contribution in [0.5, 0.6) is 5.75 Å². The second-order valence-electron chi connectivity index (χ2n) is 7.12. The Kier molecular flexibility index (Phi) is 6.03. The van der Waals surface area contributed by atoms with Crippen molar-refractivity contribution >= 4 is 17.5 Å². The Balaban J connectivity index is 1.23. The summed E-state index contributed by atoms with van der Waals surface area (Å²) in [6, 6.07) is 12.9. The summed E-state index contributed by atoms with van der Waals surface area (Å²) in [7, 11) is 0. The summed E-state index contributed by atoms with van der Waals surface area (Å²) in [4.78, 5) is 35.0. The fourth-order valence-electron chi connectivity index (χ4n) is 3.40. The molecule has 4 rings (SSSR count). The van der Waals surface area contributed by atoms with E-state index in [4.69, 9.17) is 4.74 Å². The molecule has 8 heteroatoms. The summed E-state index contributed by atoms with van der Waals surface area (Å²) in [5.41, 5.74) is 0.652. The number of hydrogen-bond donors (Lipinski definition) is 1. The number of nitrogens with zero attached hydrogens (tertiary/aromatic N) is 4. The Morgan fingerprint density at radius 1 is 1.10 bits per heavy atom. The minimum absolute atomic E-state index is 0.00973. The van der Waals surface area contributed by atoms with Gasteiger partial charge in [-0.05, 0) is 37.1 Å². The summed E-state index contributed by atoms with van der Waals surface area (Å²) in [6.45, 7) is 1.11. The molecular weight excluding hydrogens is 382 g/mol. The van der Waals surface area contributed by atoms with Crippen LogP contribution in [0.3, 0.4) is 0 Å². The number of benzene rings is 1. The number of carbonyl (C=O) groups excluding carboxylic acids is 2. The van der Waals surface area contributed by atoms with Crippen LogP contribution in [-0.4, -0.2) is 50.9 Å². The normalized spacial score (nSPS) is 14.3. The largest absolute Gasteiger partial charge is 0.484 e. The first-order chi connectivity index (χ1) is 14.7. The molecule has 154 valence electrons. The monoisotopic (exact) mass is 405 g/mol. The molecule has 3 heterocycles. The smallest absolute Gasteiger partial charge is 0.260 e. The lowest BCUT2D eigenvalue weighted by molar-refractivity contribution is -0.136. The van der Waals surface area contributed by atoms with Gasteiger partial charge in [-0.15, -0.1) is 0 Å². The minimum atomic E-state index is -0.127. The third kappa shape index (κ3) is 4.83. The Morgan fingerprint density at radius 3 is 2.57 bits per heavy atom. The molecule has 1 aliphatic heterocycles. The number of anilines is 1. The predicted octanol–water partition coefficient (Wildman–Crippen LogP) is 2.52. The zero-order valence-electron chi connectivity index (χ0n) is 16.5. The SMILES string of the molecule is O=C(Nc1ccc(-n2ccnc2)nc1)C1CCN(C(=O)COc2ccccc2)CC1. The van der Waals surface area contributed by atoms with Crippen molar-refractivity contribution in [2.75, 3.05) is 25.0 Å². The van der Waals surface area contributed by atoms with E-state index in [1.54, 1.807) is 34.4 Å². The van der Waals surface area contributed by atoms with Crippen molar-refractivity contribution in [3.05, 3.63) is 67.4 Å². The summed E-state index contributed by atoms with van der Waals surface area (Å²) < 4.78 is 7.32. The van der Waals surface area contributed by atoms with Crippen molar-refractivity contribution in [1.82, 2.24) is 19.4 Å². The van der Waals surface area contributed by atoms with E-state index < -0.39 is 0 Å². The molecule has 0 bridgehead atoms. The molecule has 30 heavy (non-hydrogen) atoms. The van der Waals surface area contributed by atoms with Crippen LogP contribution >= 0.6 is 0 Å². The van der Waals surface area contributed by atoms with Gasteiger partial charge in [-0.25, -0.2) is 9.97 Å². The van der Waals surface area contributed by atoms with E-state index in [2.05, 4.69) is 15.3 Å². The Labute approximate surface area is 174 Å². The Bertz CT molecular complexity index is 966. The number of piperidine rings is 1. The summed E-state index contributed by atoms with van der Waals surface area (Å²) >= 11 is 0. The van der Waals surface area contributed by atoms with Crippen LogP contribution < -0.4 is 10.1 Å². The van der Waals surface area contributed by atoms with Crippen LogP contribution in [0, 0.1) is 5.92 Å². The number of imidazole rings is 1. The van der Waals surface area contributed by atoms with E-state index in [-0.39, 0.29) is 24.3 Å². The molecule has 0 aliphatic carbocycles. The first kappa shape index (κ1) is 19.6. The number of likely N-dealkylation sites (tertiary alicyclic amines) is 1. The van der Waals surface area contributed by atoms with Crippen LogP contribution in [0.25, 0.3) is 5.82 Å². The van der Waals surface area contributed by atoms with Crippen LogP contribution in [0.2, 0.25) is 0 Å². The number of para-hydroxylation sites is 1. The predicted molar refractivity (Wildman–Crippen MR) is 111 cm³/mol. The van der Waals surface area contributed by atoms with Gasteiger partial charge >= 0.3 is 0 Å². The lowest BCUT2D eigenvalue weighted by atomic mass is 9.96. The summed E-state index contributed by atoms with van der Waals surface area (Å²) in [6.07, 6.45) is 8.04. The number of pyridine rings is 1. The van der Waals surface area contributed by atoms with E-state index in [0.29, 0.717) is 37.4 Å². The topological polar surface area (TPSA) is 89.4 Å². The fourth-order valence-corrected chi connectivity index (χ4v) is 3.40. The number of ether oxygens (including phenoxy) is 1. The van der Waals surface area contributed by atoms with E-state index in [1.807, 2.05) is 42.5 Å². The van der Waals surface area contributed by atoms with Crippen LogP contribution in [0.4, 0.5) is 5.69 Å². The maximum atomic E-state index is 12.6. The van der Waals surface area contributed by atoms with Crippen molar-refractivity contribution in [1.29, 1.82) is 0 Å². The van der Waals surface area contributed by atoms with Crippen molar-refractivity contribution in [3.8, 4) is 11.6 Å². The lowest BCUT2D eigenvalue weighted by Gasteiger charge is -2.31. The number of nitrogens with one attached hydrogen (secondary N) is 1. The second kappa shape index (κ2) is 9.21. The summed E-state index contributed by atoms with van der Waals surface area (Å²) in [5.74, 6) is 1.18. The van der Waals surface area contributed by atoms with E-state index in [0.717, 1.165) is 5.82 Å². The van der Waals surface area contributed by atoms with Crippen LogP contribution in [-0.2, 0) is 9.59 Å². The van der Waals surface area contributed by atoms with Gasteiger partial charge in [-0.2, -0.15) is 0 Å². The van der Waals surface area contributed by atoms with Gasteiger partial charge < -0.3 is 15.0 Å². The molecule has 3 aromatic rings. The summed E-state index contributed by atoms with van der Waals surface area (Å²) in [5, 5.41) is 2.92. The van der Waals surface area contributed by atoms with Gasteiger partial charge in [0.2, 0.25) is 5.91 Å². The number of amides is 2. The third-order valence-corrected chi connectivity index (χ3v) is 5.11. The molecule has 1 aliphatic rings. The van der Waals surface area contributed by atoms with Gasteiger partial charge in [-0.3, -0.25) is 14.2 Å². The van der Waals surface area contributed by atoms with E-state index in [1.165, 1.54) is 0 Å². The maximum Gasteiger partial charge on any atom is 0.260 e. The molecule has 0 atom stereocenters. The van der Waals surface area contributed by atoms with Gasteiger partial charge in [0.25, 0.3) is 5.91 Å². The number of rotatable bonds is 6. The van der Waals surface area contributed by atoms with E-state index >= 15 is 0 Å². The highest BCUT2D eigenvalue weighted by Gasteiger charge is 2.27. The molecule has 2 amide bonds. The molecule has 0 unspecified atom stereocenters. The van der Waals surface area contributed by atoms with Crippen LogP contribution in [0.15, 0.2) is 67.4 Å². The van der Waals surface area contributed by atoms with Crippen molar-refractivity contribution in [2.45, 2.75) is 12.8 Å². The molecule has 0 radical (unpaired) electrons. The molecule has 0 spiro atoms. The molecule has 0 saturated carbocycles. The zero-order valence-corrected chi connectivity index (χ0v) is 16.5. The molecule has 2 aromatic heterocycles. The van der Waals surface area contributed by atoms with Gasteiger partial charge in [0.1, 0.15) is 17.9 Å². The van der Waals surface area contributed by atoms with Crippen molar-refractivity contribution < 1.29 is 14.3 Å². The molecular formula is C22H23N5O3.